The average molecular weight is 235 g/mol. The molecule has 0 fully saturated rings. The standard InChI is InChI=1S/C11H9NO3S/c1-15-10(13)8-4-2-7(3-5-8)9-6-16-11(14)12-9/h2-6H,1H3,(H,12,14). The Kier molecular flexibility index (Phi) is 2.87. The second-order valence-electron chi connectivity index (χ2n) is 3.08. The van der Waals surface area contributed by atoms with E-state index in [1.54, 1.807) is 29.6 Å². The number of rotatable bonds is 2. The second kappa shape index (κ2) is 4.32. The molecule has 4 nitrogen and oxygen atoms in total. The maximum atomic E-state index is 11.2. The summed E-state index contributed by atoms with van der Waals surface area (Å²) < 4.78 is 4.59. The van der Waals surface area contributed by atoms with E-state index in [0.29, 0.717) is 11.3 Å². The number of ether oxygens (including phenoxy) is 1. The number of aromatic hydroxyl groups is 1. The van der Waals surface area contributed by atoms with E-state index in [1.807, 2.05) is 0 Å². The van der Waals surface area contributed by atoms with Crippen molar-refractivity contribution in [1.29, 1.82) is 0 Å². The first-order chi connectivity index (χ1) is 7.70. The Morgan fingerprint density at radius 1 is 1.38 bits per heavy atom. The largest absolute Gasteiger partial charge is 0.486 e. The monoisotopic (exact) mass is 235 g/mol. The van der Waals surface area contributed by atoms with Crippen molar-refractivity contribution in [3.05, 3.63) is 35.2 Å². The van der Waals surface area contributed by atoms with Crippen LogP contribution < -0.4 is 0 Å². The van der Waals surface area contributed by atoms with Gasteiger partial charge in [-0.25, -0.2) is 9.78 Å². The van der Waals surface area contributed by atoms with Gasteiger partial charge in [0.25, 0.3) is 5.19 Å². The molecule has 0 spiro atoms. The fourth-order valence-electron chi connectivity index (χ4n) is 1.29. The van der Waals surface area contributed by atoms with E-state index in [1.165, 1.54) is 18.4 Å². The van der Waals surface area contributed by atoms with Crippen LogP contribution >= 0.6 is 11.3 Å². The van der Waals surface area contributed by atoms with Gasteiger partial charge in [0.05, 0.1) is 18.4 Å². The van der Waals surface area contributed by atoms with Crippen LogP contribution in [0.2, 0.25) is 0 Å². The zero-order chi connectivity index (χ0) is 11.5. The van der Waals surface area contributed by atoms with Gasteiger partial charge in [-0.3, -0.25) is 0 Å². The quantitative estimate of drug-likeness (QED) is 0.811. The molecule has 2 aromatic rings. The molecule has 0 unspecified atom stereocenters. The second-order valence-corrected chi connectivity index (χ2v) is 3.92. The summed E-state index contributed by atoms with van der Waals surface area (Å²) in [7, 11) is 1.34. The molecule has 16 heavy (non-hydrogen) atoms. The van der Waals surface area contributed by atoms with Crippen molar-refractivity contribution in [1.82, 2.24) is 4.98 Å². The van der Waals surface area contributed by atoms with Crippen molar-refractivity contribution in [2.45, 2.75) is 0 Å². The van der Waals surface area contributed by atoms with Crippen molar-refractivity contribution < 1.29 is 14.6 Å². The summed E-state index contributed by atoms with van der Waals surface area (Å²) in [6.07, 6.45) is 0. The Bertz CT molecular complexity index is 504. The van der Waals surface area contributed by atoms with Crippen LogP contribution in [0.4, 0.5) is 0 Å². The van der Waals surface area contributed by atoms with Crippen molar-refractivity contribution in [2.75, 3.05) is 7.11 Å². The van der Waals surface area contributed by atoms with Crippen LogP contribution in [-0.4, -0.2) is 23.2 Å². The van der Waals surface area contributed by atoms with Gasteiger partial charge in [0.15, 0.2) is 0 Å². The molecule has 2 rings (SSSR count). The minimum absolute atomic E-state index is 0.0343. The van der Waals surface area contributed by atoms with E-state index >= 15 is 0 Å². The van der Waals surface area contributed by atoms with Crippen LogP contribution in [0.3, 0.4) is 0 Å². The third kappa shape index (κ3) is 2.04. The lowest BCUT2D eigenvalue weighted by Gasteiger charge is -2.00. The van der Waals surface area contributed by atoms with E-state index in [0.717, 1.165) is 5.56 Å². The van der Waals surface area contributed by atoms with Crippen LogP contribution in [0.1, 0.15) is 10.4 Å². The minimum atomic E-state index is -0.368. The molecule has 0 saturated carbocycles. The van der Waals surface area contributed by atoms with Crippen molar-refractivity contribution in [3.8, 4) is 16.5 Å². The molecule has 5 heteroatoms. The fraction of sp³-hybridized carbons (Fsp3) is 0.0909. The van der Waals surface area contributed by atoms with Gasteiger partial charge in [-0.05, 0) is 12.1 Å². The number of esters is 1. The van der Waals surface area contributed by atoms with Crippen molar-refractivity contribution >= 4 is 17.3 Å². The lowest BCUT2D eigenvalue weighted by Crippen LogP contribution is -2.00. The van der Waals surface area contributed by atoms with Crippen molar-refractivity contribution in [2.24, 2.45) is 0 Å². The Hall–Kier alpha value is -1.88. The Morgan fingerprint density at radius 3 is 2.56 bits per heavy atom. The molecular weight excluding hydrogens is 226 g/mol. The highest BCUT2D eigenvalue weighted by molar-refractivity contribution is 7.11. The smallest absolute Gasteiger partial charge is 0.337 e. The number of carbonyl (C=O) groups is 1. The van der Waals surface area contributed by atoms with Crippen LogP contribution in [0.15, 0.2) is 29.6 Å². The third-order valence-electron chi connectivity index (χ3n) is 2.09. The maximum absolute atomic E-state index is 11.2. The third-order valence-corrected chi connectivity index (χ3v) is 2.74. The van der Waals surface area contributed by atoms with Crippen LogP contribution in [-0.2, 0) is 4.74 Å². The number of carbonyl (C=O) groups excluding carboxylic acids is 1. The first-order valence-corrected chi connectivity index (χ1v) is 5.42. The van der Waals surface area contributed by atoms with E-state index in [9.17, 15) is 4.79 Å². The number of benzene rings is 1. The highest BCUT2D eigenvalue weighted by Crippen LogP contribution is 2.25. The minimum Gasteiger partial charge on any atom is -0.486 e. The van der Waals surface area contributed by atoms with Gasteiger partial charge in [0, 0.05) is 10.9 Å². The average Bonchev–Trinajstić information content (AvgIpc) is 2.75. The molecule has 1 aromatic heterocycles. The predicted molar refractivity (Wildman–Crippen MR) is 60.6 cm³/mol. The highest BCUT2D eigenvalue weighted by Gasteiger charge is 2.07. The molecular formula is C11H9NO3S. The van der Waals surface area contributed by atoms with E-state index in [4.69, 9.17) is 5.11 Å². The Morgan fingerprint density at radius 2 is 2.06 bits per heavy atom. The highest BCUT2D eigenvalue weighted by atomic mass is 32.1. The van der Waals surface area contributed by atoms with E-state index in [2.05, 4.69) is 9.72 Å². The molecule has 82 valence electrons. The molecule has 0 aliphatic carbocycles. The first kappa shape index (κ1) is 10.6. The molecule has 0 radical (unpaired) electrons. The summed E-state index contributed by atoms with van der Waals surface area (Å²) in [6.45, 7) is 0. The van der Waals surface area contributed by atoms with E-state index < -0.39 is 0 Å². The lowest BCUT2D eigenvalue weighted by atomic mass is 10.1. The maximum Gasteiger partial charge on any atom is 0.337 e. The summed E-state index contributed by atoms with van der Waals surface area (Å²) in [5.74, 6) is -0.368. The van der Waals surface area contributed by atoms with Gasteiger partial charge in [-0.2, -0.15) is 0 Å². The van der Waals surface area contributed by atoms with Gasteiger partial charge in [0.1, 0.15) is 0 Å². The Labute approximate surface area is 96.1 Å². The van der Waals surface area contributed by atoms with Gasteiger partial charge in [0.2, 0.25) is 0 Å². The normalized spacial score (nSPS) is 10.1. The van der Waals surface area contributed by atoms with Gasteiger partial charge in [-0.1, -0.05) is 23.5 Å². The molecule has 1 aromatic carbocycles. The number of hydrogen-bond acceptors (Lipinski definition) is 5. The molecule has 0 saturated heterocycles. The number of methoxy groups -OCH3 is 1. The fourth-order valence-corrected chi connectivity index (χ4v) is 1.85. The molecule has 0 aliphatic rings. The zero-order valence-corrected chi connectivity index (χ0v) is 9.32. The predicted octanol–water partition coefficient (Wildman–Crippen LogP) is 2.30. The summed E-state index contributed by atoms with van der Waals surface area (Å²) in [6, 6.07) is 6.86. The van der Waals surface area contributed by atoms with Gasteiger partial charge >= 0.3 is 5.97 Å². The summed E-state index contributed by atoms with van der Waals surface area (Å²) in [5.41, 5.74) is 2.04. The first-order valence-electron chi connectivity index (χ1n) is 4.54. The lowest BCUT2D eigenvalue weighted by molar-refractivity contribution is 0.0601. The SMILES string of the molecule is COC(=O)c1ccc(-c2csc(O)n2)cc1. The molecule has 1 heterocycles. The van der Waals surface area contributed by atoms with Gasteiger partial charge in [-0.15, -0.1) is 0 Å². The number of hydrogen-bond donors (Lipinski definition) is 1. The number of aromatic nitrogens is 1. The van der Waals surface area contributed by atoms with Crippen LogP contribution in [0.25, 0.3) is 11.3 Å². The zero-order valence-electron chi connectivity index (χ0n) is 8.51. The van der Waals surface area contributed by atoms with Crippen LogP contribution in [0.5, 0.6) is 5.19 Å². The van der Waals surface area contributed by atoms with Crippen molar-refractivity contribution in [3.63, 3.8) is 0 Å². The number of nitrogens with zero attached hydrogens (tertiary/aromatic N) is 1. The molecule has 0 bridgehead atoms. The number of thiazole rings is 1. The Balaban J connectivity index is 2.29. The topological polar surface area (TPSA) is 59.4 Å². The molecule has 1 N–H and O–H groups in total. The summed E-state index contributed by atoms with van der Waals surface area (Å²) in [5, 5.41) is 10.9. The molecule has 0 amide bonds. The van der Waals surface area contributed by atoms with E-state index in [-0.39, 0.29) is 11.2 Å². The molecule has 0 aliphatic heterocycles. The molecule has 0 atom stereocenters. The summed E-state index contributed by atoms with van der Waals surface area (Å²) >= 11 is 1.17. The summed E-state index contributed by atoms with van der Waals surface area (Å²) in [4.78, 5) is 15.1. The van der Waals surface area contributed by atoms with Crippen LogP contribution in [0, 0.1) is 0 Å². The van der Waals surface area contributed by atoms with Gasteiger partial charge < -0.3 is 9.84 Å².